The molecule has 1 aromatic rings. The van der Waals surface area contributed by atoms with Crippen LogP contribution in [0.5, 0.6) is 5.88 Å². The van der Waals surface area contributed by atoms with Gasteiger partial charge in [0.25, 0.3) is 0 Å². The lowest BCUT2D eigenvalue weighted by Crippen LogP contribution is -2.37. The SMILES string of the molecule is COc1ncccc1CNC1CCOC1C1CC1. The van der Waals surface area contributed by atoms with E-state index < -0.39 is 0 Å². The summed E-state index contributed by atoms with van der Waals surface area (Å²) in [4.78, 5) is 4.22. The maximum Gasteiger partial charge on any atom is 0.217 e. The van der Waals surface area contributed by atoms with Gasteiger partial charge in [-0.1, -0.05) is 6.07 Å². The van der Waals surface area contributed by atoms with Crippen LogP contribution >= 0.6 is 0 Å². The Labute approximate surface area is 108 Å². The van der Waals surface area contributed by atoms with E-state index in [-0.39, 0.29) is 0 Å². The van der Waals surface area contributed by atoms with Gasteiger partial charge in [0.15, 0.2) is 0 Å². The van der Waals surface area contributed by atoms with E-state index in [1.165, 1.54) is 12.8 Å². The van der Waals surface area contributed by atoms with Gasteiger partial charge >= 0.3 is 0 Å². The average Bonchev–Trinajstić information content (AvgIpc) is 3.16. The first-order valence-electron chi connectivity index (χ1n) is 6.71. The Kier molecular flexibility index (Phi) is 3.48. The quantitative estimate of drug-likeness (QED) is 0.862. The molecule has 0 spiro atoms. The normalized spacial score (nSPS) is 27.4. The second kappa shape index (κ2) is 5.24. The minimum Gasteiger partial charge on any atom is -0.481 e. The zero-order chi connectivity index (χ0) is 12.4. The van der Waals surface area contributed by atoms with Crippen molar-refractivity contribution in [3.63, 3.8) is 0 Å². The molecule has 0 bridgehead atoms. The fraction of sp³-hybridized carbons (Fsp3) is 0.643. The van der Waals surface area contributed by atoms with E-state index in [9.17, 15) is 0 Å². The Hall–Kier alpha value is -1.13. The standard InChI is InChI=1S/C14H20N2O2/c1-17-14-11(3-2-7-15-14)9-16-12-6-8-18-13(12)10-4-5-10/h2-3,7,10,12-13,16H,4-6,8-9H2,1H3. The van der Waals surface area contributed by atoms with Crippen LogP contribution in [-0.4, -0.2) is 30.8 Å². The van der Waals surface area contributed by atoms with Crippen molar-refractivity contribution >= 4 is 0 Å². The Bertz CT molecular complexity index is 407. The molecule has 2 fully saturated rings. The number of pyridine rings is 1. The first kappa shape index (κ1) is 11.9. The van der Waals surface area contributed by atoms with E-state index in [0.717, 1.165) is 31.1 Å². The van der Waals surface area contributed by atoms with Crippen molar-refractivity contribution in [2.24, 2.45) is 5.92 Å². The van der Waals surface area contributed by atoms with Gasteiger partial charge in [0, 0.05) is 31.0 Å². The van der Waals surface area contributed by atoms with E-state index >= 15 is 0 Å². The van der Waals surface area contributed by atoms with Crippen molar-refractivity contribution in [2.45, 2.75) is 38.0 Å². The zero-order valence-corrected chi connectivity index (χ0v) is 10.8. The Morgan fingerprint density at radius 1 is 1.44 bits per heavy atom. The van der Waals surface area contributed by atoms with Crippen LogP contribution in [0.2, 0.25) is 0 Å². The van der Waals surface area contributed by atoms with Gasteiger partial charge in [0.1, 0.15) is 0 Å². The van der Waals surface area contributed by atoms with Crippen LogP contribution in [0.4, 0.5) is 0 Å². The molecule has 2 unspecified atom stereocenters. The highest BCUT2D eigenvalue weighted by atomic mass is 16.5. The number of rotatable bonds is 5. The van der Waals surface area contributed by atoms with Crippen molar-refractivity contribution in [2.75, 3.05) is 13.7 Å². The molecule has 1 saturated carbocycles. The molecule has 2 aliphatic rings. The Morgan fingerprint density at radius 2 is 2.33 bits per heavy atom. The second-order valence-electron chi connectivity index (χ2n) is 5.12. The Morgan fingerprint density at radius 3 is 3.11 bits per heavy atom. The van der Waals surface area contributed by atoms with Gasteiger partial charge in [-0.3, -0.25) is 0 Å². The van der Waals surface area contributed by atoms with Crippen LogP contribution in [-0.2, 0) is 11.3 Å². The van der Waals surface area contributed by atoms with Crippen molar-refractivity contribution < 1.29 is 9.47 Å². The second-order valence-corrected chi connectivity index (χ2v) is 5.12. The van der Waals surface area contributed by atoms with Crippen molar-refractivity contribution in [1.82, 2.24) is 10.3 Å². The largest absolute Gasteiger partial charge is 0.481 e. The van der Waals surface area contributed by atoms with Crippen molar-refractivity contribution in [1.29, 1.82) is 0 Å². The van der Waals surface area contributed by atoms with E-state index in [1.54, 1.807) is 13.3 Å². The van der Waals surface area contributed by atoms with Crippen LogP contribution in [0.15, 0.2) is 18.3 Å². The number of nitrogens with one attached hydrogen (secondary N) is 1. The first-order chi connectivity index (χ1) is 8.88. The third-order valence-corrected chi connectivity index (χ3v) is 3.82. The van der Waals surface area contributed by atoms with Gasteiger partial charge in [0.2, 0.25) is 5.88 Å². The summed E-state index contributed by atoms with van der Waals surface area (Å²) in [7, 11) is 1.66. The molecule has 1 aliphatic heterocycles. The molecule has 2 atom stereocenters. The van der Waals surface area contributed by atoms with Crippen LogP contribution < -0.4 is 10.1 Å². The molecule has 4 heteroatoms. The third-order valence-electron chi connectivity index (χ3n) is 3.82. The zero-order valence-electron chi connectivity index (χ0n) is 10.8. The summed E-state index contributed by atoms with van der Waals surface area (Å²) in [6, 6.07) is 4.49. The van der Waals surface area contributed by atoms with Gasteiger partial charge in [-0.05, 0) is 31.2 Å². The molecule has 2 heterocycles. The number of methoxy groups -OCH3 is 1. The first-order valence-corrected chi connectivity index (χ1v) is 6.71. The fourth-order valence-corrected chi connectivity index (χ4v) is 2.70. The molecule has 0 amide bonds. The van der Waals surface area contributed by atoms with Crippen LogP contribution in [0.1, 0.15) is 24.8 Å². The molecule has 98 valence electrons. The van der Waals surface area contributed by atoms with Gasteiger partial charge in [-0.2, -0.15) is 0 Å². The highest BCUT2D eigenvalue weighted by Crippen LogP contribution is 2.38. The monoisotopic (exact) mass is 248 g/mol. The number of ether oxygens (including phenoxy) is 2. The highest BCUT2D eigenvalue weighted by molar-refractivity contribution is 5.25. The number of hydrogen-bond acceptors (Lipinski definition) is 4. The van der Waals surface area contributed by atoms with E-state index in [4.69, 9.17) is 9.47 Å². The lowest BCUT2D eigenvalue weighted by Gasteiger charge is -2.19. The van der Waals surface area contributed by atoms with Gasteiger partial charge in [-0.25, -0.2) is 4.98 Å². The molecular weight excluding hydrogens is 228 g/mol. The minimum atomic E-state index is 0.424. The topological polar surface area (TPSA) is 43.4 Å². The molecule has 1 aliphatic carbocycles. The van der Waals surface area contributed by atoms with E-state index in [0.29, 0.717) is 18.0 Å². The Balaban J connectivity index is 1.59. The minimum absolute atomic E-state index is 0.424. The fourth-order valence-electron chi connectivity index (χ4n) is 2.70. The maximum absolute atomic E-state index is 5.83. The lowest BCUT2D eigenvalue weighted by molar-refractivity contribution is 0.0808. The molecule has 18 heavy (non-hydrogen) atoms. The molecular formula is C14H20N2O2. The number of aromatic nitrogens is 1. The third kappa shape index (κ3) is 2.49. The summed E-state index contributed by atoms with van der Waals surface area (Å²) in [5, 5.41) is 3.60. The molecule has 3 rings (SSSR count). The summed E-state index contributed by atoms with van der Waals surface area (Å²) in [6.45, 7) is 1.69. The van der Waals surface area contributed by atoms with Gasteiger partial charge in [0.05, 0.1) is 13.2 Å². The molecule has 0 radical (unpaired) electrons. The predicted octanol–water partition coefficient (Wildman–Crippen LogP) is 1.75. The molecule has 1 aromatic heterocycles. The number of nitrogens with zero attached hydrogens (tertiary/aromatic N) is 1. The van der Waals surface area contributed by atoms with Crippen LogP contribution in [0.25, 0.3) is 0 Å². The van der Waals surface area contributed by atoms with Crippen molar-refractivity contribution in [3.05, 3.63) is 23.9 Å². The lowest BCUT2D eigenvalue weighted by atomic mass is 10.1. The van der Waals surface area contributed by atoms with Crippen LogP contribution in [0, 0.1) is 5.92 Å². The molecule has 1 saturated heterocycles. The van der Waals surface area contributed by atoms with Crippen molar-refractivity contribution in [3.8, 4) is 5.88 Å². The smallest absolute Gasteiger partial charge is 0.217 e. The molecule has 4 nitrogen and oxygen atoms in total. The number of hydrogen-bond donors (Lipinski definition) is 1. The average molecular weight is 248 g/mol. The predicted molar refractivity (Wildman–Crippen MR) is 68.5 cm³/mol. The van der Waals surface area contributed by atoms with Crippen LogP contribution in [0.3, 0.4) is 0 Å². The maximum atomic E-state index is 5.83. The summed E-state index contributed by atoms with van der Waals surface area (Å²) < 4.78 is 11.1. The van der Waals surface area contributed by atoms with Gasteiger partial charge < -0.3 is 14.8 Å². The summed E-state index contributed by atoms with van der Waals surface area (Å²) in [5.74, 6) is 1.51. The molecule has 0 aromatic carbocycles. The summed E-state index contributed by atoms with van der Waals surface area (Å²) >= 11 is 0. The van der Waals surface area contributed by atoms with E-state index in [1.807, 2.05) is 6.07 Å². The summed E-state index contributed by atoms with van der Waals surface area (Å²) in [6.07, 6.45) is 5.96. The summed E-state index contributed by atoms with van der Waals surface area (Å²) in [5.41, 5.74) is 1.11. The van der Waals surface area contributed by atoms with E-state index in [2.05, 4.69) is 16.4 Å². The molecule has 1 N–H and O–H groups in total. The highest BCUT2D eigenvalue weighted by Gasteiger charge is 2.40. The van der Waals surface area contributed by atoms with Gasteiger partial charge in [-0.15, -0.1) is 0 Å².